The molecule has 0 unspecified atom stereocenters. The van der Waals surface area contributed by atoms with E-state index in [1.807, 2.05) is 30.5 Å². The van der Waals surface area contributed by atoms with Gasteiger partial charge in [-0.3, -0.25) is 0 Å². The van der Waals surface area contributed by atoms with E-state index < -0.39 is 0 Å². The highest BCUT2D eigenvalue weighted by Gasteiger charge is 2.04. The zero-order valence-electron chi connectivity index (χ0n) is 11.3. The lowest BCUT2D eigenvalue weighted by atomic mass is 10.2. The van der Waals surface area contributed by atoms with Crippen molar-refractivity contribution in [2.75, 3.05) is 11.9 Å². The van der Waals surface area contributed by atoms with Gasteiger partial charge in [0, 0.05) is 29.4 Å². The quantitative estimate of drug-likeness (QED) is 0.781. The maximum Gasteiger partial charge on any atom is 0.137 e. The van der Waals surface area contributed by atoms with Gasteiger partial charge in [0.25, 0.3) is 0 Å². The van der Waals surface area contributed by atoms with E-state index in [9.17, 15) is 0 Å². The van der Waals surface area contributed by atoms with Crippen LogP contribution in [-0.4, -0.2) is 21.5 Å². The maximum atomic E-state index is 4.43. The van der Waals surface area contributed by atoms with Gasteiger partial charge in [-0.25, -0.2) is 15.0 Å². The highest BCUT2D eigenvalue weighted by atomic mass is 32.1. The van der Waals surface area contributed by atoms with Gasteiger partial charge in [-0.15, -0.1) is 11.3 Å². The second-order valence-electron chi connectivity index (χ2n) is 4.49. The predicted molar refractivity (Wildman–Crippen MR) is 83.2 cm³/mol. The summed E-state index contributed by atoms with van der Waals surface area (Å²) in [6.45, 7) is 2.99. The molecule has 0 atom stereocenters. The lowest BCUT2D eigenvalue weighted by Crippen LogP contribution is -2.06. The molecule has 3 aromatic rings. The smallest absolute Gasteiger partial charge is 0.137 e. The third kappa shape index (κ3) is 2.77. The van der Waals surface area contributed by atoms with Gasteiger partial charge < -0.3 is 5.32 Å². The van der Waals surface area contributed by atoms with Crippen LogP contribution in [0.4, 0.5) is 5.82 Å². The molecule has 0 bridgehead atoms. The Morgan fingerprint density at radius 3 is 2.90 bits per heavy atom. The van der Waals surface area contributed by atoms with Gasteiger partial charge in [-0.2, -0.15) is 0 Å². The lowest BCUT2D eigenvalue weighted by molar-refractivity contribution is 0.986. The zero-order chi connectivity index (χ0) is 13.8. The van der Waals surface area contributed by atoms with Gasteiger partial charge in [-0.05, 0) is 18.6 Å². The van der Waals surface area contributed by atoms with Crippen LogP contribution in [0.2, 0.25) is 0 Å². The van der Waals surface area contributed by atoms with E-state index in [0.717, 1.165) is 36.1 Å². The minimum absolute atomic E-state index is 0.831. The molecule has 0 saturated carbocycles. The van der Waals surface area contributed by atoms with Crippen molar-refractivity contribution in [2.45, 2.75) is 19.8 Å². The zero-order valence-corrected chi connectivity index (χ0v) is 12.2. The normalized spacial score (nSPS) is 10.8. The van der Waals surface area contributed by atoms with Crippen LogP contribution in [0.5, 0.6) is 0 Å². The molecule has 102 valence electrons. The number of aromatic nitrogens is 3. The van der Waals surface area contributed by atoms with Gasteiger partial charge >= 0.3 is 0 Å². The largest absolute Gasteiger partial charge is 0.369 e. The fraction of sp³-hybridized carbons (Fsp3) is 0.267. The molecule has 0 fully saturated rings. The number of nitrogens with one attached hydrogen (secondary N) is 1. The first-order chi connectivity index (χ1) is 9.86. The third-order valence-electron chi connectivity index (χ3n) is 3.12. The Kier molecular flexibility index (Phi) is 3.87. The Bertz CT molecular complexity index is 702. The third-order valence-corrected chi connectivity index (χ3v) is 4.33. The molecule has 0 saturated heterocycles. The molecule has 1 aromatic carbocycles. The fourth-order valence-corrected chi connectivity index (χ4v) is 2.92. The number of fused-ring (bicyclic) bond motifs is 1. The molecular weight excluding hydrogens is 268 g/mol. The Morgan fingerprint density at radius 2 is 2.05 bits per heavy atom. The van der Waals surface area contributed by atoms with Crippen molar-refractivity contribution in [3.8, 4) is 0 Å². The average Bonchev–Trinajstić information content (AvgIpc) is 2.95. The van der Waals surface area contributed by atoms with Crippen molar-refractivity contribution >= 4 is 28.1 Å². The van der Waals surface area contributed by atoms with Crippen LogP contribution in [0.25, 0.3) is 10.9 Å². The monoisotopic (exact) mass is 284 g/mol. The molecule has 0 amide bonds. The summed E-state index contributed by atoms with van der Waals surface area (Å²) >= 11 is 1.79. The van der Waals surface area contributed by atoms with Gasteiger partial charge in [0.15, 0.2) is 0 Å². The minimum Gasteiger partial charge on any atom is -0.369 e. The van der Waals surface area contributed by atoms with Crippen LogP contribution in [0.1, 0.15) is 16.8 Å². The van der Waals surface area contributed by atoms with Gasteiger partial charge in [0.2, 0.25) is 0 Å². The summed E-state index contributed by atoms with van der Waals surface area (Å²) in [4.78, 5) is 14.3. The molecular formula is C15H16N4S. The van der Waals surface area contributed by atoms with Crippen molar-refractivity contribution in [2.24, 2.45) is 0 Å². The van der Waals surface area contributed by atoms with E-state index in [2.05, 4.69) is 27.2 Å². The molecule has 5 heteroatoms. The van der Waals surface area contributed by atoms with Crippen LogP contribution in [0.3, 0.4) is 0 Å². The molecule has 0 aliphatic carbocycles. The molecule has 2 heterocycles. The summed E-state index contributed by atoms with van der Waals surface area (Å²) in [6, 6.07) is 8.03. The van der Waals surface area contributed by atoms with Gasteiger partial charge in [0.05, 0.1) is 10.5 Å². The second-order valence-corrected chi connectivity index (χ2v) is 5.69. The van der Waals surface area contributed by atoms with Gasteiger partial charge in [0.1, 0.15) is 12.1 Å². The first-order valence-electron chi connectivity index (χ1n) is 6.74. The van der Waals surface area contributed by atoms with E-state index in [1.54, 1.807) is 17.7 Å². The number of thiazole rings is 1. The molecule has 1 N–H and O–H groups in total. The van der Waals surface area contributed by atoms with Crippen LogP contribution in [0, 0.1) is 0 Å². The first kappa shape index (κ1) is 13.0. The highest BCUT2D eigenvalue weighted by Crippen LogP contribution is 2.19. The summed E-state index contributed by atoms with van der Waals surface area (Å²) in [5, 5.41) is 5.61. The topological polar surface area (TPSA) is 50.7 Å². The fourth-order valence-electron chi connectivity index (χ4n) is 2.06. The van der Waals surface area contributed by atoms with Crippen LogP contribution >= 0.6 is 11.3 Å². The van der Waals surface area contributed by atoms with E-state index in [-0.39, 0.29) is 0 Å². The summed E-state index contributed by atoms with van der Waals surface area (Å²) in [6.07, 6.45) is 5.55. The standard InChI is InChI=1S/C15H16N4S/c1-2-11-9-17-14(20-11)7-8-16-15-12-5-3-4-6-13(12)18-10-19-15/h3-6,9-10H,2,7-8H2,1H3,(H,16,18,19). The van der Waals surface area contributed by atoms with E-state index in [4.69, 9.17) is 0 Å². The number of benzene rings is 1. The van der Waals surface area contributed by atoms with Crippen molar-refractivity contribution in [3.63, 3.8) is 0 Å². The first-order valence-corrected chi connectivity index (χ1v) is 7.55. The number of hydrogen-bond acceptors (Lipinski definition) is 5. The molecule has 4 nitrogen and oxygen atoms in total. The number of nitrogens with zero attached hydrogens (tertiary/aromatic N) is 3. The SMILES string of the molecule is CCc1cnc(CCNc2ncnc3ccccc23)s1. The molecule has 0 spiro atoms. The summed E-state index contributed by atoms with van der Waals surface area (Å²) in [5.74, 6) is 0.892. The molecule has 0 aliphatic heterocycles. The Hall–Kier alpha value is -2.01. The van der Waals surface area contributed by atoms with Crippen molar-refractivity contribution in [1.29, 1.82) is 0 Å². The molecule has 0 aliphatic rings. The Morgan fingerprint density at radius 1 is 1.15 bits per heavy atom. The number of rotatable bonds is 5. The van der Waals surface area contributed by atoms with E-state index >= 15 is 0 Å². The van der Waals surface area contributed by atoms with E-state index in [0.29, 0.717) is 0 Å². The van der Waals surface area contributed by atoms with E-state index in [1.165, 1.54) is 9.88 Å². The lowest BCUT2D eigenvalue weighted by Gasteiger charge is -2.06. The Labute approximate surface area is 121 Å². The molecule has 0 radical (unpaired) electrons. The predicted octanol–water partition coefficient (Wildman–Crippen LogP) is 3.30. The Balaban J connectivity index is 1.68. The summed E-state index contributed by atoms with van der Waals surface area (Å²) < 4.78 is 0. The number of hydrogen-bond donors (Lipinski definition) is 1. The van der Waals surface area contributed by atoms with Crippen LogP contribution in [-0.2, 0) is 12.8 Å². The number of aryl methyl sites for hydroxylation is 1. The van der Waals surface area contributed by atoms with Crippen LogP contribution < -0.4 is 5.32 Å². The second kappa shape index (κ2) is 5.96. The van der Waals surface area contributed by atoms with Crippen molar-refractivity contribution < 1.29 is 0 Å². The summed E-state index contributed by atoms with van der Waals surface area (Å²) in [7, 11) is 0. The van der Waals surface area contributed by atoms with Gasteiger partial charge in [-0.1, -0.05) is 19.1 Å². The summed E-state index contributed by atoms with van der Waals surface area (Å²) in [5.41, 5.74) is 0.965. The number of anilines is 1. The highest BCUT2D eigenvalue weighted by molar-refractivity contribution is 7.11. The minimum atomic E-state index is 0.831. The molecule has 20 heavy (non-hydrogen) atoms. The maximum absolute atomic E-state index is 4.43. The van der Waals surface area contributed by atoms with Crippen molar-refractivity contribution in [3.05, 3.63) is 46.7 Å². The van der Waals surface area contributed by atoms with Crippen molar-refractivity contribution in [1.82, 2.24) is 15.0 Å². The molecule has 2 aromatic heterocycles. The average molecular weight is 284 g/mol. The molecule has 3 rings (SSSR count). The van der Waals surface area contributed by atoms with Crippen LogP contribution in [0.15, 0.2) is 36.8 Å². The number of para-hydroxylation sites is 1.